The molecule has 1 N–H and O–H groups in total. The van der Waals surface area contributed by atoms with Crippen LogP contribution >= 0.6 is 0 Å². The molecule has 0 aromatic heterocycles. The van der Waals surface area contributed by atoms with Crippen molar-refractivity contribution in [2.45, 2.75) is 13.2 Å². The molecular formula is C25H29N3O. The Bertz CT molecular complexity index is 890. The Kier molecular flexibility index (Phi) is 6.32. The average Bonchev–Trinajstić information content (AvgIpc) is 2.78. The third kappa shape index (κ3) is 5.30. The summed E-state index contributed by atoms with van der Waals surface area (Å²) in [7, 11) is 2.19. The van der Waals surface area contributed by atoms with Gasteiger partial charge >= 0.3 is 0 Å². The zero-order valence-corrected chi connectivity index (χ0v) is 17.1. The maximum atomic E-state index is 6.18. The number of anilines is 2. The number of rotatable bonds is 7. The van der Waals surface area contributed by atoms with E-state index in [0.717, 1.165) is 44.2 Å². The highest BCUT2D eigenvalue weighted by Crippen LogP contribution is 2.31. The number of nitrogens with zero attached hydrogens (tertiary/aromatic N) is 2. The lowest BCUT2D eigenvalue weighted by atomic mass is 10.2. The van der Waals surface area contributed by atoms with Gasteiger partial charge in [-0.3, -0.25) is 0 Å². The summed E-state index contributed by atoms with van der Waals surface area (Å²) in [6.45, 7) is 5.64. The van der Waals surface area contributed by atoms with Crippen LogP contribution in [0.2, 0.25) is 0 Å². The smallest absolute Gasteiger partial charge is 0.143 e. The molecule has 1 fully saturated rings. The molecule has 3 aromatic rings. The van der Waals surface area contributed by atoms with Crippen LogP contribution in [0.15, 0.2) is 78.9 Å². The molecule has 0 spiro atoms. The van der Waals surface area contributed by atoms with E-state index in [1.807, 2.05) is 24.3 Å². The topological polar surface area (TPSA) is 27.7 Å². The van der Waals surface area contributed by atoms with E-state index in [0.29, 0.717) is 6.61 Å². The van der Waals surface area contributed by atoms with Crippen molar-refractivity contribution < 1.29 is 4.74 Å². The molecule has 150 valence electrons. The van der Waals surface area contributed by atoms with Crippen molar-refractivity contribution in [1.29, 1.82) is 0 Å². The van der Waals surface area contributed by atoms with Gasteiger partial charge in [0.1, 0.15) is 12.4 Å². The van der Waals surface area contributed by atoms with Crippen LogP contribution in [0.4, 0.5) is 11.4 Å². The summed E-state index contributed by atoms with van der Waals surface area (Å²) in [5, 5.41) is 3.59. The number of nitrogens with one attached hydrogen (secondary N) is 1. The number of piperazine rings is 1. The Morgan fingerprint density at radius 2 is 1.45 bits per heavy atom. The van der Waals surface area contributed by atoms with Gasteiger partial charge in [-0.25, -0.2) is 0 Å². The van der Waals surface area contributed by atoms with Crippen LogP contribution < -0.4 is 15.0 Å². The van der Waals surface area contributed by atoms with Crippen LogP contribution in [-0.4, -0.2) is 38.1 Å². The van der Waals surface area contributed by atoms with E-state index in [2.05, 4.69) is 76.8 Å². The van der Waals surface area contributed by atoms with Crippen molar-refractivity contribution in [2.75, 3.05) is 43.4 Å². The highest BCUT2D eigenvalue weighted by Gasteiger charge is 2.16. The molecule has 0 unspecified atom stereocenters. The lowest BCUT2D eigenvalue weighted by Gasteiger charge is -2.34. The van der Waals surface area contributed by atoms with Crippen molar-refractivity contribution >= 4 is 11.4 Å². The molecule has 29 heavy (non-hydrogen) atoms. The van der Waals surface area contributed by atoms with Crippen LogP contribution in [0.3, 0.4) is 0 Å². The van der Waals surface area contributed by atoms with Gasteiger partial charge in [-0.2, -0.15) is 0 Å². The fraction of sp³-hybridized carbons (Fsp3) is 0.280. The summed E-state index contributed by atoms with van der Waals surface area (Å²) in [4.78, 5) is 4.83. The van der Waals surface area contributed by atoms with Gasteiger partial charge in [0.05, 0.1) is 5.69 Å². The van der Waals surface area contributed by atoms with Crippen molar-refractivity contribution in [3.8, 4) is 5.75 Å². The monoisotopic (exact) mass is 387 g/mol. The molecule has 4 nitrogen and oxygen atoms in total. The standard InChI is InChI=1S/C25H29N3O/c1-27-14-16-28(17-15-27)23-12-13-25(29-20-22-10-6-3-7-11-22)24(18-23)26-19-21-8-4-2-5-9-21/h2-13,18,26H,14-17,19-20H2,1H3. The van der Waals surface area contributed by atoms with Crippen molar-refractivity contribution in [1.82, 2.24) is 4.90 Å². The van der Waals surface area contributed by atoms with E-state index in [4.69, 9.17) is 4.74 Å². The third-order valence-corrected chi connectivity index (χ3v) is 5.39. The molecule has 3 aromatic carbocycles. The van der Waals surface area contributed by atoms with Gasteiger partial charge in [0.2, 0.25) is 0 Å². The molecule has 1 heterocycles. The van der Waals surface area contributed by atoms with Crippen molar-refractivity contribution in [2.24, 2.45) is 0 Å². The normalized spacial score (nSPS) is 14.6. The molecular weight excluding hydrogens is 358 g/mol. The van der Waals surface area contributed by atoms with Gasteiger partial charge in [0.25, 0.3) is 0 Å². The molecule has 0 bridgehead atoms. The largest absolute Gasteiger partial charge is 0.487 e. The summed E-state index contributed by atoms with van der Waals surface area (Å²) in [5.74, 6) is 0.891. The molecule has 0 amide bonds. The highest BCUT2D eigenvalue weighted by molar-refractivity contribution is 5.66. The summed E-state index contributed by atoms with van der Waals surface area (Å²) in [5.41, 5.74) is 4.72. The van der Waals surface area contributed by atoms with E-state index in [9.17, 15) is 0 Å². The van der Waals surface area contributed by atoms with Crippen LogP contribution in [0.5, 0.6) is 5.75 Å². The quantitative estimate of drug-likeness (QED) is 0.640. The summed E-state index contributed by atoms with van der Waals surface area (Å²) in [6, 6.07) is 27.3. The van der Waals surface area contributed by atoms with Gasteiger partial charge in [-0.1, -0.05) is 60.7 Å². The van der Waals surface area contributed by atoms with E-state index in [-0.39, 0.29) is 0 Å². The maximum absolute atomic E-state index is 6.18. The molecule has 0 aliphatic carbocycles. The minimum absolute atomic E-state index is 0.564. The first-order valence-corrected chi connectivity index (χ1v) is 10.3. The predicted molar refractivity (Wildman–Crippen MR) is 121 cm³/mol. The van der Waals surface area contributed by atoms with Gasteiger partial charge in [0.15, 0.2) is 0 Å². The van der Waals surface area contributed by atoms with E-state index < -0.39 is 0 Å². The summed E-state index contributed by atoms with van der Waals surface area (Å²) >= 11 is 0. The number of hydrogen-bond donors (Lipinski definition) is 1. The first-order valence-electron chi connectivity index (χ1n) is 10.3. The first kappa shape index (κ1) is 19.3. The molecule has 0 saturated carbocycles. The lowest BCUT2D eigenvalue weighted by molar-refractivity contribution is 0.307. The number of likely N-dealkylation sites (N-methyl/N-ethyl adjacent to an activating group) is 1. The average molecular weight is 388 g/mol. The Balaban J connectivity index is 1.51. The summed E-state index contributed by atoms with van der Waals surface area (Å²) < 4.78 is 6.18. The molecule has 1 aliphatic heterocycles. The Morgan fingerprint density at radius 3 is 2.14 bits per heavy atom. The Labute approximate surface area is 173 Å². The number of hydrogen-bond acceptors (Lipinski definition) is 4. The highest BCUT2D eigenvalue weighted by atomic mass is 16.5. The second-order valence-corrected chi connectivity index (χ2v) is 7.58. The molecule has 4 heteroatoms. The van der Waals surface area contributed by atoms with Crippen molar-refractivity contribution in [3.63, 3.8) is 0 Å². The first-order chi connectivity index (χ1) is 14.3. The van der Waals surface area contributed by atoms with E-state index in [1.54, 1.807) is 0 Å². The predicted octanol–water partition coefficient (Wildman–Crippen LogP) is 4.63. The number of benzene rings is 3. The molecule has 4 rings (SSSR count). The Hall–Kier alpha value is -2.98. The van der Waals surface area contributed by atoms with Crippen LogP contribution in [-0.2, 0) is 13.2 Å². The van der Waals surface area contributed by atoms with Crippen LogP contribution in [0.25, 0.3) is 0 Å². The lowest BCUT2D eigenvalue weighted by Crippen LogP contribution is -2.44. The maximum Gasteiger partial charge on any atom is 0.143 e. The fourth-order valence-electron chi connectivity index (χ4n) is 3.57. The second-order valence-electron chi connectivity index (χ2n) is 7.58. The van der Waals surface area contributed by atoms with E-state index in [1.165, 1.54) is 16.8 Å². The zero-order valence-electron chi connectivity index (χ0n) is 17.1. The molecule has 1 aliphatic rings. The molecule has 0 atom stereocenters. The minimum Gasteiger partial charge on any atom is -0.487 e. The van der Waals surface area contributed by atoms with Crippen LogP contribution in [0, 0.1) is 0 Å². The van der Waals surface area contributed by atoms with Gasteiger partial charge < -0.3 is 19.9 Å². The van der Waals surface area contributed by atoms with Gasteiger partial charge in [0, 0.05) is 38.4 Å². The molecule has 1 saturated heterocycles. The minimum atomic E-state index is 0.564. The SMILES string of the molecule is CN1CCN(c2ccc(OCc3ccccc3)c(NCc3ccccc3)c2)CC1. The fourth-order valence-corrected chi connectivity index (χ4v) is 3.57. The van der Waals surface area contributed by atoms with Gasteiger partial charge in [-0.15, -0.1) is 0 Å². The van der Waals surface area contributed by atoms with Gasteiger partial charge in [-0.05, 0) is 36.4 Å². The van der Waals surface area contributed by atoms with E-state index >= 15 is 0 Å². The van der Waals surface area contributed by atoms with Crippen molar-refractivity contribution in [3.05, 3.63) is 90.0 Å². The Morgan fingerprint density at radius 1 is 0.793 bits per heavy atom. The zero-order chi connectivity index (χ0) is 19.9. The third-order valence-electron chi connectivity index (χ3n) is 5.39. The van der Waals surface area contributed by atoms with Crippen LogP contribution in [0.1, 0.15) is 11.1 Å². The second kappa shape index (κ2) is 9.48. The summed E-state index contributed by atoms with van der Waals surface area (Å²) in [6.07, 6.45) is 0. The molecule has 0 radical (unpaired) electrons. The number of ether oxygens (including phenoxy) is 1.